The Morgan fingerprint density at radius 2 is 1.88 bits per heavy atom. The van der Waals surface area contributed by atoms with Crippen LogP contribution < -0.4 is 0 Å². The van der Waals surface area contributed by atoms with E-state index in [2.05, 4.69) is 4.90 Å². The Morgan fingerprint density at radius 3 is 2.68 bits per heavy atom. The molecule has 1 N–H and O–H groups in total. The van der Waals surface area contributed by atoms with E-state index < -0.39 is 22.6 Å². The molecule has 0 radical (unpaired) electrons. The van der Waals surface area contributed by atoms with E-state index in [9.17, 15) is 19.5 Å². The van der Waals surface area contributed by atoms with E-state index in [0.717, 1.165) is 19.6 Å². The molecular weight excluding hydrogens is 458 g/mol. The summed E-state index contributed by atoms with van der Waals surface area (Å²) >= 11 is 1.56. The minimum atomic E-state index is -0.819. The fraction of sp³-hybridized carbons (Fsp3) is 0.708. The third-order valence-electron chi connectivity index (χ3n) is 7.55. The van der Waals surface area contributed by atoms with E-state index in [1.165, 1.54) is 0 Å². The smallest absolute Gasteiger partial charge is 0.311 e. The van der Waals surface area contributed by atoms with E-state index in [-0.39, 0.29) is 36.2 Å². The number of esters is 1. The van der Waals surface area contributed by atoms with Gasteiger partial charge in [0.15, 0.2) is 0 Å². The number of aliphatic hydroxyl groups is 1. The van der Waals surface area contributed by atoms with Crippen LogP contribution in [-0.4, -0.2) is 119 Å². The maximum atomic E-state index is 14.0. The van der Waals surface area contributed by atoms with Gasteiger partial charge in [-0.2, -0.15) is 0 Å². The second-order valence-corrected chi connectivity index (χ2v) is 11.0. The summed E-state index contributed by atoms with van der Waals surface area (Å²) in [5.74, 6) is -1.88. The van der Waals surface area contributed by atoms with Gasteiger partial charge in [-0.25, -0.2) is 0 Å². The molecule has 3 fully saturated rings. The van der Waals surface area contributed by atoms with Gasteiger partial charge >= 0.3 is 5.97 Å². The highest BCUT2D eigenvalue weighted by Crippen LogP contribution is 2.60. The molecule has 0 bridgehead atoms. The highest BCUT2D eigenvalue weighted by Gasteiger charge is 2.70. The van der Waals surface area contributed by atoms with Crippen LogP contribution in [0.5, 0.6) is 0 Å². The average Bonchev–Trinajstić information content (AvgIpc) is 3.21. The first kappa shape index (κ1) is 23.8. The Bertz CT molecular complexity index is 875. The number of nitrogens with zero attached hydrogens (tertiary/aromatic N) is 3. The second-order valence-electron chi connectivity index (χ2n) is 9.48. The summed E-state index contributed by atoms with van der Waals surface area (Å²) in [6.07, 6.45) is 9.08. The highest BCUT2D eigenvalue weighted by molar-refractivity contribution is 8.02. The number of cyclic esters (lactones) is 1. The molecule has 0 aromatic carbocycles. The molecule has 10 heteroatoms. The maximum Gasteiger partial charge on any atom is 0.311 e. The number of carbonyl (C=O) groups excluding carboxylic acids is 3. The molecule has 5 rings (SSSR count). The summed E-state index contributed by atoms with van der Waals surface area (Å²) in [6.45, 7) is 5.43. The van der Waals surface area contributed by atoms with Gasteiger partial charge in [-0.3, -0.25) is 19.3 Å². The van der Waals surface area contributed by atoms with Crippen molar-refractivity contribution in [3.8, 4) is 0 Å². The fourth-order valence-corrected chi connectivity index (χ4v) is 7.92. The van der Waals surface area contributed by atoms with E-state index in [4.69, 9.17) is 9.47 Å². The van der Waals surface area contributed by atoms with Crippen LogP contribution in [0.1, 0.15) is 12.8 Å². The van der Waals surface area contributed by atoms with Gasteiger partial charge in [0.25, 0.3) is 0 Å². The van der Waals surface area contributed by atoms with Crippen LogP contribution in [0.3, 0.4) is 0 Å². The number of morpholine rings is 1. The molecular formula is C24H33N3O6S. The minimum Gasteiger partial charge on any atom is -0.465 e. The van der Waals surface area contributed by atoms with Crippen LogP contribution in [-0.2, 0) is 23.9 Å². The Morgan fingerprint density at radius 1 is 1.06 bits per heavy atom. The maximum absolute atomic E-state index is 14.0. The number of fused-ring (bicyclic) bond motifs is 2. The first-order chi connectivity index (χ1) is 16.6. The van der Waals surface area contributed by atoms with E-state index in [1.54, 1.807) is 16.7 Å². The van der Waals surface area contributed by atoms with Crippen LogP contribution in [0.2, 0.25) is 0 Å². The van der Waals surface area contributed by atoms with Gasteiger partial charge in [0.05, 0.1) is 36.4 Å². The SMILES string of the molecule is O=C1OCCC=C[C@H]2S[C@]34C=CCN(CCN5CCOCC5)C(=O)C3N(CCCO)C(=O)[C@@H]4[C@@H]12. The second kappa shape index (κ2) is 10.0. The minimum absolute atomic E-state index is 0.0666. The van der Waals surface area contributed by atoms with Crippen LogP contribution in [0, 0.1) is 11.8 Å². The van der Waals surface area contributed by atoms with Gasteiger partial charge in [0, 0.05) is 51.1 Å². The summed E-state index contributed by atoms with van der Waals surface area (Å²) in [5.41, 5.74) is 0. The number of amides is 2. The summed E-state index contributed by atoms with van der Waals surface area (Å²) in [5, 5.41) is 9.25. The number of aliphatic hydroxyl groups excluding tert-OH is 1. The first-order valence-electron chi connectivity index (χ1n) is 12.3. The van der Waals surface area contributed by atoms with Crippen LogP contribution in [0.15, 0.2) is 24.3 Å². The summed E-state index contributed by atoms with van der Waals surface area (Å²) in [4.78, 5) is 46.6. The number of thioether (sulfide) groups is 1. The monoisotopic (exact) mass is 491 g/mol. The quantitative estimate of drug-likeness (QED) is 0.406. The largest absolute Gasteiger partial charge is 0.465 e. The Kier molecular flexibility index (Phi) is 7.02. The molecule has 2 amide bonds. The van der Waals surface area contributed by atoms with Gasteiger partial charge < -0.3 is 24.4 Å². The third kappa shape index (κ3) is 4.08. The molecule has 3 saturated heterocycles. The molecule has 5 aliphatic rings. The summed E-state index contributed by atoms with van der Waals surface area (Å²) < 4.78 is 10.1. The third-order valence-corrected chi connectivity index (χ3v) is 9.30. The lowest BCUT2D eigenvalue weighted by molar-refractivity contribution is -0.153. The molecule has 34 heavy (non-hydrogen) atoms. The van der Waals surface area contributed by atoms with Crippen molar-refractivity contribution in [1.82, 2.24) is 14.7 Å². The molecule has 0 aromatic rings. The predicted octanol–water partition coefficient (Wildman–Crippen LogP) is -0.100. The number of rotatable bonds is 6. The highest BCUT2D eigenvalue weighted by atomic mass is 32.2. The molecule has 5 heterocycles. The standard InChI is InChI=1S/C24H33N3O6S/c28-13-4-8-27-20-22(30)26(10-9-25-11-15-32-16-12-25)7-3-6-24(20)19(21(27)29)18-17(34-24)5-1-2-14-33-23(18)31/h1,3,5-6,17-20,28H,2,4,7-16H2/t17-,18+,19+,20?,24+/m1/s1. The van der Waals surface area contributed by atoms with Gasteiger partial charge in [0.1, 0.15) is 6.04 Å². The molecule has 1 spiro atoms. The lowest BCUT2D eigenvalue weighted by Crippen LogP contribution is -2.54. The summed E-state index contributed by atoms with van der Waals surface area (Å²) in [6, 6.07) is -0.695. The number of ether oxygens (including phenoxy) is 2. The van der Waals surface area contributed by atoms with Crippen molar-refractivity contribution in [1.29, 1.82) is 0 Å². The van der Waals surface area contributed by atoms with E-state index in [1.807, 2.05) is 29.2 Å². The van der Waals surface area contributed by atoms with Crippen molar-refractivity contribution in [2.45, 2.75) is 28.9 Å². The van der Waals surface area contributed by atoms with Gasteiger partial charge in [0.2, 0.25) is 11.8 Å². The number of hydrogen-bond acceptors (Lipinski definition) is 8. The molecule has 1 unspecified atom stereocenters. The van der Waals surface area contributed by atoms with Gasteiger partial charge in [-0.15, -0.1) is 11.8 Å². The molecule has 9 nitrogen and oxygen atoms in total. The zero-order valence-electron chi connectivity index (χ0n) is 19.3. The van der Waals surface area contributed by atoms with Crippen molar-refractivity contribution < 1.29 is 29.0 Å². The van der Waals surface area contributed by atoms with Gasteiger partial charge in [-0.1, -0.05) is 24.3 Å². The van der Waals surface area contributed by atoms with E-state index >= 15 is 0 Å². The van der Waals surface area contributed by atoms with E-state index in [0.29, 0.717) is 45.8 Å². The molecule has 0 saturated carbocycles. The van der Waals surface area contributed by atoms with Crippen molar-refractivity contribution in [2.75, 3.05) is 65.7 Å². The number of hydrogen-bond donors (Lipinski definition) is 1. The zero-order chi connectivity index (χ0) is 23.7. The Balaban J connectivity index is 1.46. The Hall–Kier alpha value is -1.88. The van der Waals surface area contributed by atoms with Crippen molar-refractivity contribution in [2.24, 2.45) is 11.8 Å². The molecule has 0 aliphatic carbocycles. The fourth-order valence-electron chi connectivity index (χ4n) is 5.92. The lowest BCUT2D eigenvalue weighted by atomic mass is 9.78. The average molecular weight is 492 g/mol. The molecule has 0 aromatic heterocycles. The molecule has 5 atom stereocenters. The summed E-state index contributed by atoms with van der Waals surface area (Å²) in [7, 11) is 0. The van der Waals surface area contributed by atoms with Crippen molar-refractivity contribution >= 4 is 29.5 Å². The van der Waals surface area contributed by atoms with Crippen molar-refractivity contribution in [3.05, 3.63) is 24.3 Å². The zero-order valence-corrected chi connectivity index (χ0v) is 20.2. The first-order valence-corrected chi connectivity index (χ1v) is 13.1. The number of carbonyl (C=O) groups is 3. The van der Waals surface area contributed by atoms with Gasteiger partial charge in [-0.05, 0) is 12.8 Å². The molecule has 186 valence electrons. The molecule has 5 aliphatic heterocycles. The van der Waals surface area contributed by atoms with Crippen LogP contribution >= 0.6 is 11.8 Å². The number of likely N-dealkylation sites (tertiary alicyclic amines) is 1. The normalized spacial score (nSPS) is 36.0. The topological polar surface area (TPSA) is 99.6 Å². The lowest BCUT2D eigenvalue weighted by Gasteiger charge is -2.36. The van der Waals surface area contributed by atoms with Crippen LogP contribution in [0.25, 0.3) is 0 Å². The Labute approximate surface area is 204 Å². The van der Waals surface area contributed by atoms with Crippen LogP contribution in [0.4, 0.5) is 0 Å². The van der Waals surface area contributed by atoms with Crippen molar-refractivity contribution in [3.63, 3.8) is 0 Å². The predicted molar refractivity (Wildman–Crippen MR) is 126 cm³/mol.